The third kappa shape index (κ3) is 17.0. The second-order valence-corrected chi connectivity index (χ2v) is 22.8. The van der Waals surface area contributed by atoms with E-state index in [9.17, 15) is 70.0 Å². The van der Waals surface area contributed by atoms with Gasteiger partial charge in [-0.05, 0) is 70.4 Å². The summed E-state index contributed by atoms with van der Waals surface area (Å²) in [6.07, 6.45) is 7.48. The van der Waals surface area contributed by atoms with E-state index in [0.29, 0.717) is 4.73 Å². The van der Waals surface area contributed by atoms with Crippen LogP contribution in [0.4, 0.5) is 26.3 Å². The molecule has 0 spiro atoms. The number of likely N-dealkylation sites (N-methyl/N-ethyl adjacent to an activating group) is 1. The fraction of sp³-hybridized carbons (Fsp3) is 0.200. The Labute approximate surface area is 417 Å². The molecule has 0 saturated carbocycles. The lowest BCUT2D eigenvalue weighted by Gasteiger charge is -2.22. The van der Waals surface area contributed by atoms with Crippen LogP contribution in [0.15, 0.2) is 152 Å². The predicted octanol–water partition coefficient (Wildman–Crippen LogP) is 7.04. The zero-order valence-electron chi connectivity index (χ0n) is 38.6. The fourth-order valence-corrected chi connectivity index (χ4v) is 8.35. The van der Waals surface area contributed by atoms with Gasteiger partial charge in [0.05, 0.1) is 18.4 Å². The summed E-state index contributed by atoms with van der Waals surface area (Å²) < 4.78 is 161. The molecule has 0 bridgehead atoms. The number of amides is 1. The first-order valence-electron chi connectivity index (χ1n) is 20.0. The molecule has 27 heteroatoms. The van der Waals surface area contributed by atoms with Gasteiger partial charge in [-0.15, -0.1) is 0 Å². The number of pyridine rings is 1. The maximum absolute atomic E-state index is 13.1. The molecule has 0 aliphatic heterocycles. The zero-order chi connectivity index (χ0) is 54.5. The van der Waals surface area contributed by atoms with E-state index in [1.54, 1.807) is 12.1 Å². The number of aryl methyl sites for hydroxylation is 2. The first kappa shape index (κ1) is 59.7. The van der Waals surface area contributed by atoms with Gasteiger partial charge in [0.25, 0.3) is 5.15 Å². The van der Waals surface area contributed by atoms with Gasteiger partial charge in [-0.25, -0.2) is 42.3 Å². The molecule has 1 N–H and O–H groups in total. The van der Waals surface area contributed by atoms with E-state index in [1.165, 1.54) is 37.3 Å². The molecule has 72 heavy (non-hydrogen) atoms. The largest absolute Gasteiger partial charge is 0.618 e. The van der Waals surface area contributed by atoms with Crippen LogP contribution in [0.5, 0.6) is 0 Å². The van der Waals surface area contributed by atoms with E-state index in [4.69, 9.17) is 11.6 Å². The summed E-state index contributed by atoms with van der Waals surface area (Å²) in [5, 5.41) is 12.9. The Morgan fingerprint density at radius 2 is 1.15 bits per heavy atom. The number of halogens is 7. The van der Waals surface area contributed by atoms with Crippen molar-refractivity contribution in [2.75, 3.05) is 26.6 Å². The average molecular weight is 1110 g/mol. The van der Waals surface area contributed by atoms with E-state index in [0.717, 1.165) is 48.7 Å². The number of benzene rings is 4. The van der Waals surface area contributed by atoms with Crippen molar-refractivity contribution in [3.63, 3.8) is 0 Å². The molecule has 1 atom stereocenters. The van der Waals surface area contributed by atoms with E-state index < -0.39 is 67.1 Å². The highest BCUT2D eigenvalue weighted by atomic mass is 35.5. The molecule has 3 aromatic heterocycles. The van der Waals surface area contributed by atoms with Gasteiger partial charge in [-0.1, -0.05) is 89.1 Å². The minimum absolute atomic E-state index is 0.201. The van der Waals surface area contributed by atoms with Crippen LogP contribution in [0.2, 0.25) is 5.15 Å². The van der Waals surface area contributed by atoms with Crippen molar-refractivity contribution >= 4 is 79.4 Å². The molecule has 4 aromatic carbocycles. The first-order valence-corrected chi connectivity index (χ1v) is 27.1. The van der Waals surface area contributed by atoms with E-state index in [1.807, 2.05) is 103 Å². The molecular weight excluding hydrogens is 1060 g/mol. The standard InChI is InChI=1S/C19H20N2O3S.C10H11NO2S.C9H9N.C5H4ClNO.C2HF6NO4S2/c1-20-13-16(15-11-7-8-12-17(15)20)18(14-9-5-4-6-10-14)19(22)21(2)25(3,23)24;1-11(14(2,12)13)9-8-10-6-4-3-5-7-10;1-10-7-6-8-4-2-3-5-9(8)10;6-5-3-1-2-4-7(5)8;3-1(4,5)14(10,11)9-15(12,13)2(6,7)8/h4-13,18H,1-3H3;3-7H,1-2H3;2-7H,1H3;1-4H;9H. The Morgan fingerprint density at radius 3 is 1.62 bits per heavy atom. The van der Waals surface area contributed by atoms with Gasteiger partial charge in [0, 0.05) is 80.7 Å². The summed E-state index contributed by atoms with van der Waals surface area (Å²) in [5.41, 5.74) is -7.65. The van der Waals surface area contributed by atoms with Crippen molar-refractivity contribution < 1.29 is 69.5 Å². The molecule has 3 heterocycles. The van der Waals surface area contributed by atoms with Crippen molar-refractivity contribution in [1.29, 1.82) is 0 Å². The molecule has 0 aliphatic carbocycles. The molecule has 7 rings (SSSR count). The summed E-state index contributed by atoms with van der Waals surface area (Å²) >= 11 is 5.36. The number of carbonyl (C=O) groups excluding carboxylic acids is 1. The number of rotatable bonds is 7. The van der Waals surface area contributed by atoms with Gasteiger partial charge < -0.3 is 14.3 Å². The number of aromatic nitrogens is 3. The van der Waals surface area contributed by atoms with Crippen LogP contribution in [-0.2, 0) is 59.0 Å². The monoisotopic (exact) mass is 1110 g/mol. The molecule has 1 amide bonds. The lowest BCUT2D eigenvalue weighted by molar-refractivity contribution is -0.603. The number of nitrogens with zero attached hydrogens (tertiary/aromatic N) is 5. The van der Waals surface area contributed by atoms with Crippen LogP contribution in [0.1, 0.15) is 22.6 Å². The Balaban J connectivity index is 0.000000252. The van der Waals surface area contributed by atoms with Crippen molar-refractivity contribution in [3.8, 4) is 12.0 Å². The Kier molecular flexibility index (Phi) is 20.4. The smallest absolute Gasteiger partial charge is 0.512 e. The molecule has 7 aromatic rings. The summed E-state index contributed by atoms with van der Waals surface area (Å²) in [6, 6.07) is 44.2. The Morgan fingerprint density at radius 1 is 0.667 bits per heavy atom. The minimum atomic E-state index is -6.60. The summed E-state index contributed by atoms with van der Waals surface area (Å²) in [4.78, 5) is 13.1. The number of carbonyl (C=O) groups is 1. The number of hydrogen-bond acceptors (Lipinski definition) is 10. The number of sulfonamides is 4. The van der Waals surface area contributed by atoms with Gasteiger partial charge >= 0.3 is 31.1 Å². The highest BCUT2D eigenvalue weighted by molar-refractivity contribution is 8.05. The molecule has 0 radical (unpaired) electrons. The SMILES string of the molecule is CN(C#Cc1ccccc1)S(C)(=O)=O.CN(C(=O)C(c1ccccc1)c1cn(C)c2ccccc12)S(C)(=O)=O.Cn1ccc2ccccc21.O=S(=O)(NS(=O)(=O)C(F)(F)F)C(F)(F)F.[O-][n+]1ccccc1Cl. The molecule has 0 saturated heterocycles. The van der Waals surface area contributed by atoms with Gasteiger partial charge in [-0.3, -0.25) is 4.79 Å². The molecule has 16 nitrogen and oxygen atoms in total. The fourth-order valence-electron chi connectivity index (χ4n) is 5.67. The first-order chi connectivity index (χ1) is 33.2. The van der Waals surface area contributed by atoms with Crippen LogP contribution in [0.3, 0.4) is 0 Å². The number of nitrogens with one attached hydrogen (secondary N) is 1. The number of fused-ring (bicyclic) bond motifs is 2. The maximum Gasteiger partial charge on any atom is 0.512 e. The van der Waals surface area contributed by atoms with Gasteiger partial charge in [0.1, 0.15) is 0 Å². The number of alkyl halides is 6. The van der Waals surface area contributed by atoms with Crippen molar-refractivity contribution in [2.45, 2.75) is 16.9 Å². The molecule has 388 valence electrons. The molecule has 0 fully saturated rings. The van der Waals surface area contributed by atoms with Crippen LogP contribution in [0.25, 0.3) is 21.8 Å². The highest BCUT2D eigenvalue weighted by Gasteiger charge is 2.55. The predicted molar refractivity (Wildman–Crippen MR) is 261 cm³/mol. The van der Waals surface area contributed by atoms with Crippen molar-refractivity contribution in [2.24, 2.45) is 14.1 Å². The summed E-state index contributed by atoms with van der Waals surface area (Å²) in [7, 11) is -13.3. The topological polar surface area (TPSA) is 209 Å². The van der Waals surface area contributed by atoms with Crippen molar-refractivity contribution in [1.82, 2.24) is 21.9 Å². The lowest BCUT2D eigenvalue weighted by Crippen LogP contribution is -2.45. The lowest BCUT2D eigenvalue weighted by atomic mass is 9.90. The van der Waals surface area contributed by atoms with Crippen LogP contribution >= 0.6 is 11.6 Å². The summed E-state index contributed by atoms with van der Waals surface area (Å²) in [5.74, 6) is 1.59. The van der Waals surface area contributed by atoms with E-state index in [-0.39, 0.29) is 5.15 Å². The van der Waals surface area contributed by atoms with Crippen LogP contribution in [-0.4, -0.2) is 94.9 Å². The van der Waals surface area contributed by atoms with E-state index >= 15 is 0 Å². The second kappa shape index (κ2) is 24.7. The third-order valence-corrected chi connectivity index (χ3v) is 15.0. The number of hydrogen-bond donors (Lipinski definition) is 1. The van der Waals surface area contributed by atoms with Gasteiger partial charge in [-0.2, -0.15) is 31.1 Å². The summed E-state index contributed by atoms with van der Waals surface area (Å²) in [6.45, 7) is 0. The normalized spacial score (nSPS) is 12.1. The number of para-hydroxylation sites is 2. The molecule has 0 aliphatic rings. The van der Waals surface area contributed by atoms with Crippen molar-refractivity contribution in [3.05, 3.63) is 179 Å². The third-order valence-electron chi connectivity index (χ3n) is 9.46. The minimum Gasteiger partial charge on any atom is -0.618 e. The quantitative estimate of drug-likeness (QED) is 0.0430. The zero-order valence-corrected chi connectivity index (χ0v) is 42.6. The highest BCUT2D eigenvalue weighted by Crippen LogP contribution is 2.34. The molecule has 1 unspecified atom stereocenters. The Hall–Kier alpha value is -6.63. The van der Waals surface area contributed by atoms with Gasteiger partial charge in [0.15, 0.2) is 6.20 Å². The maximum atomic E-state index is 13.1. The Bertz CT molecular complexity index is 3420. The molecular formula is C45H45ClF6N6O10S4. The van der Waals surface area contributed by atoms with E-state index in [2.05, 4.69) is 60.1 Å². The second-order valence-electron chi connectivity index (χ2n) is 14.8. The van der Waals surface area contributed by atoms with Crippen LogP contribution in [0, 0.1) is 17.2 Å². The average Bonchev–Trinajstić information content (AvgIpc) is 3.84. The van der Waals surface area contributed by atoms with Crippen LogP contribution < -0.4 is 8.86 Å². The van der Waals surface area contributed by atoms with Gasteiger partial charge in [0.2, 0.25) is 26.0 Å².